The molecule has 7 nitrogen and oxygen atoms in total. The lowest BCUT2D eigenvalue weighted by Crippen LogP contribution is -2.41. The van der Waals surface area contributed by atoms with Crippen molar-refractivity contribution in [2.75, 3.05) is 5.75 Å². The van der Waals surface area contributed by atoms with Gasteiger partial charge in [-0.05, 0) is 74.1 Å². The molecule has 0 aliphatic heterocycles. The van der Waals surface area contributed by atoms with Crippen molar-refractivity contribution < 1.29 is 25.6 Å². The second kappa shape index (κ2) is 9.01. The lowest BCUT2D eigenvalue weighted by molar-refractivity contribution is 0.302. The van der Waals surface area contributed by atoms with Crippen LogP contribution in [0.1, 0.15) is 31.2 Å². The third-order valence-electron chi connectivity index (χ3n) is 6.37. The molecule has 0 amide bonds. The molecule has 0 saturated heterocycles. The highest BCUT2D eigenvalue weighted by molar-refractivity contribution is 7.92. The van der Waals surface area contributed by atoms with E-state index < -0.39 is 36.1 Å². The zero-order valence-corrected chi connectivity index (χ0v) is 20.5. The van der Waals surface area contributed by atoms with Crippen molar-refractivity contribution in [2.24, 2.45) is 13.0 Å². The van der Waals surface area contributed by atoms with Crippen LogP contribution < -0.4 is 0 Å². The summed E-state index contributed by atoms with van der Waals surface area (Å²) in [6.45, 7) is 0. The first-order chi connectivity index (χ1) is 16.0. The van der Waals surface area contributed by atoms with Gasteiger partial charge >= 0.3 is 0 Å². The SMILES string of the molecule is Cn1ncnc1S(=O)(=O)CC1CCC(c2cc(F)ccc2F)(S(=O)(=O)c2ccc(Cl)cc2)CC1. The van der Waals surface area contributed by atoms with Crippen molar-refractivity contribution in [3.63, 3.8) is 0 Å². The smallest absolute Gasteiger partial charge is 0.240 e. The van der Waals surface area contributed by atoms with Crippen LogP contribution in [0, 0.1) is 17.6 Å². The van der Waals surface area contributed by atoms with Gasteiger partial charge < -0.3 is 0 Å². The molecule has 0 atom stereocenters. The van der Waals surface area contributed by atoms with E-state index in [1.54, 1.807) is 0 Å². The van der Waals surface area contributed by atoms with Crippen molar-refractivity contribution in [3.8, 4) is 0 Å². The van der Waals surface area contributed by atoms with E-state index in [0.29, 0.717) is 5.02 Å². The molecule has 1 aliphatic rings. The van der Waals surface area contributed by atoms with Gasteiger partial charge in [0.05, 0.1) is 10.6 Å². The summed E-state index contributed by atoms with van der Waals surface area (Å²) in [7, 11) is -6.49. The highest BCUT2D eigenvalue weighted by atomic mass is 35.5. The molecule has 12 heteroatoms. The number of rotatable bonds is 6. The summed E-state index contributed by atoms with van der Waals surface area (Å²) >= 11 is 5.91. The fourth-order valence-corrected chi connectivity index (χ4v) is 8.68. The monoisotopic (exact) mass is 529 g/mol. The van der Waals surface area contributed by atoms with Crippen LogP contribution in [0.2, 0.25) is 5.02 Å². The van der Waals surface area contributed by atoms with Gasteiger partial charge in [-0.3, -0.25) is 0 Å². The molecule has 0 unspecified atom stereocenters. The first kappa shape index (κ1) is 24.7. The van der Waals surface area contributed by atoms with Gasteiger partial charge in [0.15, 0.2) is 9.84 Å². The highest BCUT2D eigenvalue weighted by Crippen LogP contribution is 2.49. The Kier molecular flexibility index (Phi) is 6.56. The summed E-state index contributed by atoms with van der Waals surface area (Å²) in [5.41, 5.74) is -0.253. The minimum absolute atomic E-state index is 0.0642. The predicted molar refractivity (Wildman–Crippen MR) is 122 cm³/mol. The summed E-state index contributed by atoms with van der Waals surface area (Å²) in [6, 6.07) is 8.27. The summed E-state index contributed by atoms with van der Waals surface area (Å²) in [5, 5.41) is 3.95. The van der Waals surface area contributed by atoms with Crippen molar-refractivity contribution in [2.45, 2.75) is 40.5 Å². The molecule has 0 N–H and O–H groups in total. The number of hydrogen-bond acceptors (Lipinski definition) is 6. The van der Waals surface area contributed by atoms with Crippen LogP contribution in [-0.2, 0) is 31.5 Å². The third kappa shape index (κ3) is 4.36. The second-order valence-corrected chi connectivity index (χ2v) is 13.1. The molecule has 0 bridgehead atoms. The Hall–Kier alpha value is -2.37. The summed E-state index contributed by atoms with van der Waals surface area (Å²) in [4.78, 5) is 3.74. The zero-order valence-electron chi connectivity index (χ0n) is 18.2. The van der Waals surface area contributed by atoms with Crippen LogP contribution in [0.4, 0.5) is 8.78 Å². The van der Waals surface area contributed by atoms with E-state index in [9.17, 15) is 25.6 Å². The average Bonchev–Trinajstić information content (AvgIpc) is 3.23. The van der Waals surface area contributed by atoms with Crippen LogP contribution in [-0.4, -0.2) is 37.4 Å². The molecule has 1 saturated carbocycles. The largest absolute Gasteiger partial charge is 0.245 e. The maximum Gasteiger partial charge on any atom is 0.245 e. The minimum Gasteiger partial charge on any atom is -0.240 e. The Morgan fingerprint density at radius 1 is 1.06 bits per heavy atom. The van der Waals surface area contributed by atoms with Gasteiger partial charge in [0.1, 0.15) is 22.7 Å². The number of benzene rings is 2. The molecule has 1 aromatic heterocycles. The van der Waals surface area contributed by atoms with Crippen LogP contribution in [0.5, 0.6) is 0 Å². The first-order valence-electron chi connectivity index (χ1n) is 10.5. The van der Waals surface area contributed by atoms with Gasteiger partial charge in [-0.25, -0.2) is 35.3 Å². The molecular formula is C22H22ClF2N3O4S2. The van der Waals surface area contributed by atoms with E-state index in [4.69, 9.17) is 11.6 Å². The number of halogens is 3. The molecule has 2 aromatic carbocycles. The fourth-order valence-electron chi connectivity index (χ4n) is 4.63. The maximum absolute atomic E-state index is 14.9. The second-order valence-electron chi connectivity index (χ2n) is 8.47. The van der Waals surface area contributed by atoms with Gasteiger partial charge in [-0.2, -0.15) is 5.10 Å². The van der Waals surface area contributed by atoms with E-state index in [1.807, 2.05) is 0 Å². The topological polar surface area (TPSA) is 99.0 Å². The van der Waals surface area contributed by atoms with E-state index in [1.165, 1.54) is 31.3 Å². The molecule has 0 spiro atoms. The molecule has 4 rings (SSSR count). The maximum atomic E-state index is 14.9. The van der Waals surface area contributed by atoms with E-state index in [0.717, 1.165) is 29.2 Å². The zero-order chi connectivity index (χ0) is 24.7. The third-order valence-corrected chi connectivity index (χ3v) is 11.0. The lowest BCUT2D eigenvalue weighted by atomic mass is 9.78. The number of hydrogen-bond donors (Lipinski definition) is 0. The van der Waals surface area contributed by atoms with Gasteiger partial charge in [0.25, 0.3) is 0 Å². The summed E-state index contributed by atoms with van der Waals surface area (Å²) < 4.78 is 81.8. The van der Waals surface area contributed by atoms with Crippen molar-refractivity contribution >= 4 is 31.3 Å². The van der Waals surface area contributed by atoms with Crippen LogP contribution in [0.3, 0.4) is 0 Å². The Bertz CT molecular complexity index is 1420. The van der Waals surface area contributed by atoms with E-state index in [-0.39, 0.29) is 53.0 Å². The van der Waals surface area contributed by atoms with Crippen LogP contribution in [0.25, 0.3) is 0 Å². The number of nitrogens with zero attached hydrogens (tertiary/aromatic N) is 3. The van der Waals surface area contributed by atoms with Gasteiger partial charge in [-0.1, -0.05) is 11.6 Å². The summed E-state index contributed by atoms with van der Waals surface area (Å²) in [6.07, 6.45) is 1.36. The first-order valence-corrected chi connectivity index (χ1v) is 14.0. The molecule has 34 heavy (non-hydrogen) atoms. The quantitative estimate of drug-likeness (QED) is 0.477. The molecule has 0 radical (unpaired) electrons. The number of aryl methyl sites for hydroxylation is 1. The number of aromatic nitrogens is 3. The van der Waals surface area contributed by atoms with Gasteiger partial charge in [-0.15, -0.1) is 0 Å². The van der Waals surface area contributed by atoms with Gasteiger partial charge in [0.2, 0.25) is 15.0 Å². The van der Waals surface area contributed by atoms with Crippen LogP contribution >= 0.6 is 11.6 Å². The molecule has 182 valence electrons. The van der Waals surface area contributed by atoms with Crippen molar-refractivity contribution in [1.29, 1.82) is 0 Å². The molecule has 1 heterocycles. The van der Waals surface area contributed by atoms with Crippen LogP contribution in [0.15, 0.2) is 58.8 Å². The molecule has 3 aromatic rings. The molecular weight excluding hydrogens is 508 g/mol. The normalized spacial score (nSPS) is 21.5. The Morgan fingerprint density at radius 2 is 1.71 bits per heavy atom. The molecule has 1 fully saturated rings. The molecule has 1 aliphatic carbocycles. The Morgan fingerprint density at radius 3 is 2.29 bits per heavy atom. The van der Waals surface area contributed by atoms with Gasteiger partial charge in [0, 0.05) is 17.6 Å². The number of sulfone groups is 2. The summed E-state index contributed by atoms with van der Waals surface area (Å²) in [5.74, 6) is -2.22. The van der Waals surface area contributed by atoms with Crippen molar-refractivity contribution in [3.05, 3.63) is 71.0 Å². The minimum atomic E-state index is -4.19. The highest BCUT2D eigenvalue weighted by Gasteiger charge is 2.50. The predicted octanol–water partition coefficient (Wildman–Crippen LogP) is 4.08. The Labute approximate surface area is 201 Å². The fraction of sp³-hybridized carbons (Fsp3) is 0.364. The van der Waals surface area contributed by atoms with Crippen molar-refractivity contribution in [1.82, 2.24) is 14.8 Å². The average molecular weight is 530 g/mol. The Balaban J connectivity index is 1.71. The van der Waals surface area contributed by atoms with E-state index in [2.05, 4.69) is 10.1 Å². The lowest BCUT2D eigenvalue weighted by Gasteiger charge is -2.40. The van der Waals surface area contributed by atoms with E-state index >= 15 is 0 Å². The standard InChI is InChI=1S/C22H22ClF2N3O4S2/c1-28-21(26-14-27-28)33(29,30)13-15-8-10-22(11-9-15,19-12-17(24)4-7-20(19)25)34(31,32)18-5-2-16(23)3-6-18/h2-7,12,14-15H,8-11,13H2,1H3.